The Labute approximate surface area is 135 Å². The molecule has 0 radical (unpaired) electrons. The minimum absolute atomic E-state index is 0.0683. The molecular weight excluding hydrogens is 314 g/mol. The molecule has 2 aromatic rings. The van der Waals surface area contributed by atoms with Crippen LogP contribution in [0.4, 0.5) is 5.69 Å². The van der Waals surface area contributed by atoms with Gasteiger partial charge in [0, 0.05) is 19.0 Å². The van der Waals surface area contributed by atoms with Crippen molar-refractivity contribution in [2.75, 3.05) is 11.1 Å². The molecule has 120 valence electrons. The lowest BCUT2D eigenvalue weighted by Crippen LogP contribution is -2.25. The van der Waals surface area contributed by atoms with Crippen molar-refractivity contribution in [3.63, 3.8) is 0 Å². The average molecular weight is 331 g/mol. The van der Waals surface area contributed by atoms with E-state index in [0.29, 0.717) is 12.1 Å². The van der Waals surface area contributed by atoms with Crippen molar-refractivity contribution in [1.82, 2.24) is 0 Å². The average Bonchev–Trinajstić information content (AvgIpc) is 2.88. The smallest absolute Gasteiger partial charge is 0.221 e. The van der Waals surface area contributed by atoms with Gasteiger partial charge >= 0.3 is 0 Å². The third kappa shape index (κ3) is 3.53. The van der Waals surface area contributed by atoms with Crippen LogP contribution < -0.4 is 10.1 Å². The fraction of sp³-hybridized carbons (Fsp3) is 0.235. The summed E-state index contributed by atoms with van der Waals surface area (Å²) in [6, 6.07) is 13.8. The van der Waals surface area contributed by atoms with E-state index in [-0.39, 0.29) is 22.7 Å². The lowest BCUT2D eigenvalue weighted by atomic mass is 10.1. The highest BCUT2D eigenvalue weighted by atomic mass is 32.2. The summed E-state index contributed by atoms with van der Waals surface area (Å²) in [5, 5.41) is 2.61. The molecule has 2 aromatic carbocycles. The number of benzene rings is 2. The zero-order valence-electron chi connectivity index (χ0n) is 12.7. The van der Waals surface area contributed by atoms with Crippen molar-refractivity contribution in [3.8, 4) is 5.75 Å². The zero-order chi connectivity index (χ0) is 16.4. The maximum atomic E-state index is 12.5. The third-order valence-electron chi connectivity index (χ3n) is 3.65. The van der Waals surface area contributed by atoms with Gasteiger partial charge in [0.1, 0.15) is 11.9 Å². The number of ether oxygens (including phenoxy) is 1. The Morgan fingerprint density at radius 3 is 2.52 bits per heavy atom. The Morgan fingerprint density at radius 1 is 1.17 bits per heavy atom. The van der Waals surface area contributed by atoms with Gasteiger partial charge in [-0.3, -0.25) is 4.79 Å². The number of carbonyl (C=O) groups is 1. The first-order valence-electron chi connectivity index (χ1n) is 7.29. The van der Waals surface area contributed by atoms with Crippen molar-refractivity contribution >= 4 is 21.4 Å². The largest absolute Gasteiger partial charge is 0.489 e. The van der Waals surface area contributed by atoms with Crippen molar-refractivity contribution < 1.29 is 17.9 Å². The predicted molar refractivity (Wildman–Crippen MR) is 87.4 cm³/mol. The normalized spacial score (nSPS) is 16.5. The van der Waals surface area contributed by atoms with E-state index in [1.54, 1.807) is 12.1 Å². The molecule has 0 aliphatic carbocycles. The third-order valence-corrected chi connectivity index (χ3v) is 5.45. The second-order valence-electron chi connectivity index (χ2n) is 5.54. The summed E-state index contributed by atoms with van der Waals surface area (Å²) in [7, 11) is -3.44. The number of nitrogens with one attached hydrogen (secondary N) is 1. The van der Waals surface area contributed by atoms with Crippen LogP contribution in [0.2, 0.25) is 0 Å². The highest BCUT2D eigenvalue weighted by molar-refractivity contribution is 7.91. The number of fused-ring (bicyclic) bond motifs is 1. The van der Waals surface area contributed by atoms with Crippen LogP contribution in [-0.4, -0.2) is 26.2 Å². The van der Waals surface area contributed by atoms with E-state index in [1.165, 1.54) is 19.1 Å². The summed E-state index contributed by atoms with van der Waals surface area (Å²) < 4.78 is 30.7. The monoisotopic (exact) mass is 331 g/mol. The molecule has 1 unspecified atom stereocenters. The topological polar surface area (TPSA) is 72.5 Å². The van der Waals surface area contributed by atoms with Gasteiger partial charge in [-0.1, -0.05) is 18.2 Å². The fourth-order valence-corrected chi connectivity index (χ4v) is 4.06. The number of rotatable bonds is 4. The molecule has 6 heteroatoms. The molecule has 0 saturated carbocycles. The van der Waals surface area contributed by atoms with Gasteiger partial charge in [0.25, 0.3) is 0 Å². The number of sulfone groups is 1. The molecule has 0 spiro atoms. The molecule has 5 nitrogen and oxygen atoms in total. The van der Waals surface area contributed by atoms with Gasteiger partial charge in [-0.2, -0.15) is 0 Å². The Morgan fingerprint density at radius 2 is 1.87 bits per heavy atom. The first-order chi connectivity index (χ1) is 10.9. The summed E-state index contributed by atoms with van der Waals surface area (Å²) in [5.41, 5.74) is 1.61. The number of carbonyl (C=O) groups excluding carboxylic acids is 1. The van der Waals surface area contributed by atoms with Crippen molar-refractivity contribution in [2.45, 2.75) is 24.3 Å². The Bertz CT molecular complexity index is 803. The summed E-state index contributed by atoms with van der Waals surface area (Å²) >= 11 is 0. The van der Waals surface area contributed by atoms with Crippen LogP contribution in [0.1, 0.15) is 12.5 Å². The second-order valence-corrected chi connectivity index (χ2v) is 7.57. The Kier molecular flexibility index (Phi) is 4.09. The minimum Gasteiger partial charge on any atom is -0.489 e. The van der Waals surface area contributed by atoms with E-state index in [1.807, 2.05) is 24.3 Å². The molecule has 1 N–H and O–H groups in total. The highest BCUT2D eigenvalue weighted by Gasteiger charge is 2.28. The summed E-state index contributed by atoms with van der Waals surface area (Å²) in [5.74, 6) is 0.493. The summed E-state index contributed by atoms with van der Waals surface area (Å²) in [6.07, 6.45) is 0.228. The van der Waals surface area contributed by atoms with Crippen LogP contribution in [-0.2, 0) is 21.1 Å². The van der Waals surface area contributed by atoms with Crippen LogP contribution in [0.15, 0.2) is 53.4 Å². The first kappa shape index (κ1) is 15.6. The van der Waals surface area contributed by atoms with Gasteiger partial charge in [0.2, 0.25) is 5.91 Å². The van der Waals surface area contributed by atoms with Crippen LogP contribution in [0, 0.1) is 0 Å². The number of hydrogen-bond acceptors (Lipinski definition) is 4. The van der Waals surface area contributed by atoms with Crippen LogP contribution >= 0.6 is 0 Å². The summed E-state index contributed by atoms with van der Waals surface area (Å²) in [6.45, 7) is 1.40. The molecule has 0 fully saturated rings. The van der Waals surface area contributed by atoms with E-state index in [4.69, 9.17) is 4.74 Å². The van der Waals surface area contributed by atoms with Crippen LogP contribution in [0.3, 0.4) is 0 Å². The molecule has 3 rings (SSSR count). The molecule has 23 heavy (non-hydrogen) atoms. The van der Waals surface area contributed by atoms with Gasteiger partial charge in [0.15, 0.2) is 9.84 Å². The maximum absolute atomic E-state index is 12.5. The highest BCUT2D eigenvalue weighted by Crippen LogP contribution is 2.29. The summed E-state index contributed by atoms with van der Waals surface area (Å²) in [4.78, 5) is 11.2. The molecule has 1 aliphatic rings. The van der Waals surface area contributed by atoms with Gasteiger partial charge in [-0.25, -0.2) is 8.42 Å². The molecule has 1 atom stereocenters. The molecule has 0 aromatic heterocycles. The van der Waals surface area contributed by atoms with E-state index in [9.17, 15) is 13.2 Å². The minimum atomic E-state index is -3.44. The van der Waals surface area contributed by atoms with E-state index in [0.717, 1.165) is 11.3 Å². The molecular formula is C17H17NO4S. The number of para-hydroxylation sites is 1. The first-order valence-corrected chi connectivity index (χ1v) is 8.94. The van der Waals surface area contributed by atoms with E-state index < -0.39 is 9.84 Å². The molecule has 1 amide bonds. The number of amides is 1. The van der Waals surface area contributed by atoms with E-state index >= 15 is 0 Å². The molecule has 1 heterocycles. The van der Waals surface area contributed by atoms with Gasteiger partial charge in [0.05, 0.1) is 10.6 Å². The molecule has 0 saturated heterocycles. The number of anilines is 1. The van der Waals surface area contributed by atoms with Gasteiger partial charge < -0.3 is 10.1 Å². The zero-order valence-corrected chi connectivity index (χ0v) is 13.5. The SMILES string of the molecule is CC(=O)Nc1ccc(S(=O)(=O)CC2Cc3ccccc3O2)cc1. The predicted octanol–water partition coefficient (Wildman–Crippen LogP) is 2.42. The van der Waals surface area contributed by atoms with Gasteiger partial charge in [-0.15, -0.1) is 0 Å². The quantitative estimate of drug-likeness (QED) is 0.934. The molecule has 0 bridgehead atoms. The lowest BCUT2D eigenvalue weighted by Gasteiger charge is -2.12. The van der Waals surface area contributed by atoms with E-state index in [2.05, 4.69) is 5.32 Å². The lowest BCUT2D eigenvalue weighted by molar-refractivity contribution is -0.114. The Balaban J connectivity index is 1.71. The number of hydrogen-bond donors (Lipinski definition) is 1. The Hall–Kier alpha value is -2.34. The van der Waals surface area contributed by atoms with Crippen LogP contribution in [0.25, 0.3) is 0 Å². The van der Waals surface area contributed by atoms with Crippen molar-refractivity contribution in [2.24, 2.45) is 0 Å². The second kappa shape index (κ2) is 6.04. The van der Waals surface area contributed by atoms with Gasteiger partial charge in [-0.05, 0) is 35.9 Å². The standard InChI is InChI=1S/C17H17NO4S/c1-12(19)18-14-6-8-16(9-7-14)23(20,21)11-15-10-13-4-2-3-5-17(13)22-15/h2-9,15H,10-11H2,1H3,(H,18,19). The fourth-order valence-electron chi connectivity index (χ4n) is 2.64. The molecule has 1 aliphatic heterocycles. The maximum Gasteiger partial charge on any atom is 0.221 e. The van der Waals surface area contributed by atoms with Crippen LogP contribution in [0.5, 0.6) is 5.75 Å². The van der Waals surface area contributed by atoms with Crippen molar-refractivity contribution in [1.29, 1.82) is 0 Å². The van der Waals surface area contributed by atoms with Crippen molar-refractivity contribution in [3.05, 3.63) is 54.1 Å².